The Balaban J connectivity index is 1.68. The number of carbonyl (C=O) groups excluding carboxylic acids is 1. The van der Waals surface area contributed by atoms with Gasteiger partial charge in [0.05, 0.1) is 16.6 Å². The molecule has 0 N–H and O–H groups in total. The van der Waals surface area contributed by atoms with Crippen molar-refractivity contribution in [3.05, 3.63) is 69.2 Å². The molecule has 0 saturated heterocycles. The summed E-state index contributed by atoms with van der Waals surface area (Å²) in [6.07, 6.45) is 0. The van der Waals surface area contributed by atoms with E-state index >= 15 is 0 Å². The van der Waals surface area contributed by atoms with Gasteiger partial charge < -0.3 is 0 Å². The number of amides is 1. The van der Waals surface area contributed by atoms with Gasteiger partial charge in [-0.05, 0) is 36.8 Å². The molecule has 1 aliphatic rings. The number of rotatable bonds is 3. The molecule has 0 spiro atoms. The van der Waals surface area contributed by atoms with E-state index in [1.54, 1.807) is 11.0 Å². The van der Waals surface area contributed by atoms with Gasteiger partial charge in [-0.15, -0.1) is 0 Å². The van der Waals surface area contributed by atoms with Crippen LogP contribution in [0.5, 0.6) is 0 Å². The number of aliphatic imine (C=N–C) groups is 1. The largest absolute Gasteiger partial charge is 0.286 e. The average molecular weight is 379 g/mol. The Labute approximate surface area is 155 Å². The van der Waals surface area contributed by atoms with Crippen LogP contribution < -0.4 is 0 Å². The van der Waals surface area contributed by atoms with E-state index < -0.39 is 0 Å². The molecule has 2 aromatic rings. The molecule has 0 aromatic heterocycles. The van der Waals surface area contributed by atoms with Crippen LogP contribution in [-0.4, -0.2) is 29.1 Å². The van der Waals surface area contributed by atoms with E-state index in [4.69, 9.17) is 23.2 Å². The van der Waals surface area contributed by atoms with Crippen LogP contribution in [0.3, 0.4) is 0 Å². The van der Waals surface area contributed by atoms with E-state index in [2.05, 4.69) is 4.99 Å². The van der Waals surface area contributed by atoms with Crippen molar-refractivity contribution in [1.82, 2.24) is 4.90 Å². The standard InChI is InChI=1S/C18H16Cl2N2OS/c1-12-2-5-14(6-3-12)17(23)22-9-8-21-18(22)24-11-13-4-7-15(19)16(20)10-13/h2-7,10H,8-9,11H2,1H3. The Kier molecular flexibility index (Phi) is 5.49. The van der Waals surface area contributed by atoms with Crippen molar-refractivity contribution in [2.24, 2.45) is 4.99 Å². The number of halogens is 2. The molecular weight excluding hydrogens is 363 g/mol. The third-order valence-electron chi connectivity index (χ3n) is 3.70. The van der Waals surface area contributed by atoms with Gasteiger partial charge in [0, 0.05) is 17.9 Å². The molecular formula is C18H16Cl2N2OS. The molecule has 3 rings (SSSR count). The van der Waals surface area contributed by atoms with Crippen molar-refractivity contribution in [2.45, 2.75) is 12.7 Å². The minimum Gasteiger partial charge on any atom is -0.286 e. The lowest BCUT2D eigenvalue weighted by Gasteiger charge is -2.18. The zero-order valence-corrected chi connectivity index (χ0v) is 15.5. The summed E-state index contributed by atoms with van der Waals surface area (Å²) in [5.74, 6) is 0.681. The van der Waals surface area contributed by atoms with Gasteiger partial charge in [0.1, 0.15) is 0 Å². The maximum atomic E-state index is 12.7. The average Bonchev–Trinajstić information content (AvgIpc) is 3.04. The topological polar surface area (TPSA) is 32.7 Å². The van der Waals surface area contributed by atoms with Crippen LogP contribution in [-0.2, 0) is 5.75 Å². The Morgan fingerprint density at radius 3 is 2.62 bits per heavy atom. The Morgan fingerprint density at radius 1 is 1.17 bits per heavy atom. The summed E-state index contributed by atoms with van der Waals surface area (Å²) in [4.78, 5) is 18.9. The molecule has 24 heavy (non-hydrogen) atoms. The number of amidine groups is 1. The Bertz CT molecular complexity index is 790. The van der Waals surface area contributed by atoms with E-state index in [9.17, 15) is 4.79 Å². The van der Waals surface area contributed by atoms with Gasteiger partial charge in [0.15, 0.2) is 5.17 Å². The van der Waals surface area contributed by atoms with Crippen LogP contribution in [0.15, 0.2) is 47.5 Å². The highest BCUT2D eigenvalue weighted by Crippen LogP contribution is 2.26. The quantitative estimate of drug-likeness (QED) is 0.748. The molecule has 0 atom stereocenters. The normalized spacial score (nSPS) is 14.0. The van der Waals surface area contributed by atoms with Crippen LogP contribution in [0.25, 0.3) is 0 Å². The molecule has 1 heterocycles. The summed E-state index contributed by atoms with van der Waals surface area (Å²) in [6.45, 7) is 3.27. The third kappa shape index (κ3) is 3.94. The van der Waals surface area contributed by atoms with E-state index in [-0.39, 0.29) is 5.91 Å². The van der Waals surface area contributed by atoms with Crippen LogP contribution >= 0.6 is 35.0 Å². The molecule has 3 nitrogen and oxygen atoms in total. The van der Waals surface area contributed by atoms with Crippen molar-refractivity contribution >= 4 is 46.0 Å². The van der Waals surface area contributed by atoms with Crippen molar-refractivity contribution in [3.8, 4) is 0 Å². The van der Waals surface area contributed by atoms with Gasteiger partial charge in [0.25, 0.3) is 5.91 Å². The number of hydrogen-bond acceptors (Lipinski definition) is 3. The SMILES string of the molecule is Cc1ccc(C(=O)N2CCN=C2SCc2ccc(Cl)c(Cl)c2)cc1. The first-order valence-corrected chi connectivity index (χ1v) is 9.28. The minimum atomic E-state index is -0.00658. The highest BCUT2D eigenvalue weighted by Gasteiger charge is 2.25. The number of hydrogen-bond donors (Lipinski definition) is 0. The summed E-state index contributed by atoms with van der Waals surface area (Å²) in [7, 11) is 0. The zero-order chi connectivity index (χ0) is 17.1. The summed E-state index contributed by atoms with van der Waals surface area (Å²) in [5.41, 5.74) is 2.87. The second-order valence-electron chi connectivity index (χ2n) is 5.52. The van der Waals surface area contributed by atoms with Crippen LogP contribution in [0, 0.1) is 6.92 Å². The van der Waals surface area contributed by atoms with Crippen LogP contribution in [0.4, 0.5) is 0 Å². The molecule has 0 bridgehead atoms. The predicted molar refractivity (Wildman–Crippen MR) is 102 cm³/mol. The van der Waals surface area contributed by atoms with Gasteiger partial charge in [-0.25, -0.2) is 0 Å². The maximum Gasteiger partial charge on any atom is 0.259 e. The fourth-order valence-electron chi connectivity index (χ4n) is 2.37. The van der Waals surface area contributed by atoms with Gasteiger partial charge in [-0.2, -0.15) is 0 Å². The fraction of sp³-hybridized carbons (Fsp3) is 0.222. The molecule has 2 aromatic carbocycles. The molecule has 0 radical (unpaired) electrons. The summed E-state index contributed by atoms with van der Waals surface area (Å²) >= 11 is 13.5. The Morgan fingerprint density at radius 2 is 1.92 bits per heavy atom. The first kappa shape index (κ1) is 17.3. The third-order valence-corrected chi connectivity index (χ3v) is 5.52. The number of aryl methyl sites for hydroxylation is 1. The molecule has 124 valence electrons. The second-order valence-corrected chi connectivity index (χ2v) is 7.28. The summed E-state index contributed by atoms with van der Waals surface area (Å²) in [5, 5.41) is 1.84. The fourth-order valence-corrected chi connectivity index (χ4v) is 3.68. The first-order valence-electron chi connectivity index (χ1n) is 7.54. The lowest BCUT2D eigenvalue weighted by molar-refractivity contribution is 0.0860. The van der Waals surface area contributed by atoms with Gasteiger partial charge in [-0.3, -0.25) is 14.7 Å². The van der Waals surface area contributed by atoms with Crippen LogP contribution in [0.2, 0.25) is 10.0 Å². The van der Waals surface area contributed by atoms with Crippen molar-refractivity contribution in [2.75, 3.05) is 13.1 Å². The van der Waals surface area contributed by atoms with E-state index in [0.717, 1.165) is 16.3 Å². The van der Waals surface area contributed by atoms with E-state index in [1.165, 1.54) is 11.8 Å². The van der Waals surface area contributed by atoms with Crippen molar-refractivity contribution < 1.29 is 4.79 Å². The minimum absolute atomic E-state index is 0.00658. The zero-order valence-electron chi connectivity index (χ0n) is 13.1. The predicted octanol–water partition coefficient (Wildman–Crippen LogP) is 5.05. The van der Waals surface area contributed by atoms with Crippen molar-refractivity contribution in [3.63, 3.8) is 0 Å². The molecule has 0 fully saturated rings. The number of benzene rings is 2. The van der Waals surface area contributed by atoms with Gasteiger partial charge in [-0.1, -0.05) is 58.7 Å². The monoisotopic (exact) mass is 378 g/mol. The van der Waals surface area contributed by atoms with E-state index in [1.807, 2.05) is 43.3 Å². The number of thioether (sulfide) groups is 1. The molecule has 1 aliphatic heterocycles. The lowest BCUT2D eigenvalue weighted by atomic mass is 10.1. The molecule has 0 unspecified atom stereocenters. The maximum absolute atomic E-state index is 12.7. The Hall–Kier alpha value is -1.49. The first-order chi connectivity index (χ1) is 11.5. The van der Waals surface area contributed by atoms with Gasteiger partial charge >= 0.3 is 0 Å². The molecule has 6 heteroatoms. The molecule has 1 amide bonds. The molecule has 0 aliphatic carbocycles. The molecule has 0 saturated carbocycles. The highest BCUT2D eigenvalue weighted by molar-refractivity contribution is 8.13. The summed E-state index contributed by atoms with van der Waals surface area (Å²) < 4.78 is 0. The summed E-state index contributed by atoms with van der Waals surface area (Å²) in [6, 6.07) is 13.2. The van der Waals surface area contributed by atoms with Gasteiger partial charge in [0.2, 0.25) is 0 Å². The van der Waals surface area contributed by atoms with E-state index in [0.29, 0.717) is 34.5 Å². The van der Waals surface area contributed by atoms with Crippen molar-refractivity contribution in [1.29, 1.82) is 0 Å². The number of carbonyl (C=O) groups is 1. The van der Waals surface area contributed by atoms with Crippen LogP contribution in [0.1, 0.15) is 21.5 Å². The second kappa shape index (κ2) is 7.60. The smallest absolute Gasteiger partial charge is 0.259 e. The lowest BCUT2D eigenvalue weighted by Crippen LogP contribution is -2.32. The highest BCUT2D eigenvalue weighted by atomic mass is 35.5. The number of nitrogens with zero attached hydrogens (tertiary/aromatic N) is 2.